The van der Waals surface area contributed by atoms with Crippen LogP contribution in [0, 0.1) is 12.8 Å². The molecular formula is C17H22O3. The molecule has 1 aromatic rings. The van der Waals surface area contributed by atoms with Crippen LogP contribution in [0.25, 0.3) is 0 Å². The van der Waals surface area contributed by atoms with Crippen molar-refractivity contribution in [3.05, 3.63) is 35.4 Å². The fraction of sp³-hybridized carbons (Fsp3) is 0.529. The van der Waals surface area contributed by atoms with Crippen molar-refractivity contribution < 1.29 is 14.3 Å². The maximum Gasteiger partial charge on any atom is 0.306 e. The quantitative estimate of drug-likeness (QED) is 0.790. The molecule has 1 aliphatic rings. The molecule has 2 atom stereocenters. The summed E-state index contributed by atoms with van der Waals surface area (Å²) in [6.45, 7) is 4.20. The summed E-state index contributed by atoms with van der Waals surface area (Å²) in [4.78, 5) is 24.1. The number of Topliss-reactive ketones (excluding diaryl/α,β-unsaturated/α-hetero) is 1. The molecule has 1 aliphatic carbocycles. The Morgan fingerprint density at radius 3 is 2.85 bits per heavy atom. The van der Waals surface area contributed by atoms with Crippen molar-refractivity contribution in [2.75, 3.05) is 6.61 Å². The number of ketones is 1. The monoisotopic (exact) mass is 274 g/mol. The van der Waals surface area contributed by atoms with Crippen molar-refractivity contribution in [2.24, 2.45) is 5.92 Å². The molecule has 3 nitrogen and oxygen atoms in total. The van der Waals surface area contributed by atoms with Crippen molar-refractivity contribution in [2.45, 2.75) is 45.4 Å². The third kappa shape index (κ3) is 3.47. The van der Waals surface area contributed by atoms with E-state index in [0.717, 1.165) is 24.8 Å². The van der Waals surface area contributed by atoms with Crippen LogP contribution in [0.2, 0.25) is 0 Å². The van der Waals surface area contributed by atoms with Crippen LogP contribution in [-0.4, -0.2) is 18.4 Å². The molecule has 3 heteroatoms. The number of aryl methyl sites for hydroxylation is 1. The van der Waals surface area contributed by atoms with Gasteiger partial charge in [0.25, 0.3) is 0 Å². The molecule has 0 heterocycles. The van der Waals surface area contributed by atoms with E-state index in [0.29, 0.717) is 6.61 Å². The summed E-state index contributed by atoms with van der Waals surface area (Å²) < 4.78 is 4.96. The van der Waals surface area contributed by atoms with Crippen LogP contribution in [-0.2, 0) is 14.3 Å². The zero-order valence-corrected chi connectivity index (χ0v) is 12.2. The Morgan fingerprint density at radius 1 is 1.35 bits per heavy atom. The van der Waals surface area contributed by atoms with Crippen molar-refractivity contribution in [1.29, 1.82) is 0 Å². The molecule has 0 amide bonds. The maximum absolute atomic E-state index is 12.6. The molecule has 20 heavy (non-hydrogen) atoms. The normalized spacial score (nSPS) is 22.6. The minimum atomic E-state index is -0.254. The largest absolute Gasteiger partial charge is 0.466 e. The molecule has 2 unspecified atom stereocenters. The molecular weight excluding hydrogens is 252 g/mol. The number of esters is 1. The van der Waals surface area contributed by atoms with Gasteiger partial charge in [0.15, 0.2) is 0 Å². The maximum atomic E-state index is 12.6. The summed E-state index contributed by atoms with van der Waals surface area (Å²) in [5.74, 6) is -0.276. The van der Waals surface area contributed by atoms with Gasteiger partial charge >= 0.3 is 5.97 Å². The SMILES string of the molecule is CCOC(=O)CC1CCCC(c2cccc(C)c2)C1=O. The first-order chi connectivity index (χ1) is 9.61. The second kappa shape index (κ2) is 6.69. The average Bonchev–Trinajstić information content (AvgIpc) is 2.41. The predicted octanol–water partition coefficient (Wildman–Crippen LogP) is 3.40. The topological polar surface area (TPSA) is 43.4 Å². The highest BCUT2D eigenvalue weighted by Gasteiger charge is 2.33. The zero-order chi connectivity index (χ0) is 14.5. The second-order valence-corrected chi connectivity index (χ2v) is 5.51. The van der Waals surface area contributed by atoms with E-state index in [1.54, 1.807) is 6.92 Å². The van der Waals surface area contributed by atoms with Crippen LogP contribution in [0.1, 0.15) is 49.7 Å². The van der Waals surface area contributed by atoms with Gasteiger partial charge in [0.05, 0.1) is 13.0 Å². The molecule has 0 bridgehead atoms. The molecule has 1 aromatic carbocycles. The van der Waals surface area contributed by atoms with Gasteiger partial charge in [0.2, 0.25) is 0 Å². The Hall–Kier alpha value is -1.64. The van der Waals surface area contributed by atoms with E-state index in [1.807, 2.05) is 25.1 Å². The summed E-state index contributed by atoms with van der Waals surface area (Å²) in [5, 5.41) is 0. The van der Waals surface area contributed by atoms with E-state index in [1.165, 1.54) is 5.56 Å². The highest BCUT2D eigenvalue weighted by atomic mass is 16.5. The predicted molar refractivity (Wildman–Crippen MR) is 77.5 cm³/mol. The second-order valence-electron chi connectivity index (χ2n) is 5.51. The third-order valence-corrected chi connectivity index (χ3v) is 3.95. The third-order valence-electron chi connectivity index (χ3n) is 3.95. The molecule has 0 saturated heterocycles. The molecule has 108 valence electrons. The van der Waals surface area contributed by atoms with Crippen LogP contribution >= 0.6 is 0 Å². The lowest BCUT2D eigenvalue weighted by atomic mass is 9.75. The molecule has 0 spiro atoms. The van der Waals surface area contributed by atoms with Gasteiger partial charge in [-0.2, -0.15) is 0 Å². The molecule has 2 rings (SSSR count). The van der Waals surface area contributed by atoms with Crippen LogP contribution in [0.4, 0.5) is 0 Å². The number of carbonyl (C=O) groups is 2. The number of carbonyl (C=O) groups excluding carboxylic acids is 2. The minimum Gasteiger partial charge on any atom is -0.466 e. The standard InChI is InChI=1S/C17H22O3/c1-3-20-16(18)11-14-8-5-9-15(17(14)19)13-7-4-6-12(2)10-13/h4,6-7,10,14-15H,3,5,8-9,11H2,1-2H3. The lowest BCUT2D eigenvalue weighted by Gasteiger charge is -2.27. The number of ether oxygens (including phenoxy) is 1. The summed E-state index contributed by atoms with van der Waals surface area (Å²) >= 11 is 0. The molecule has 1 fully saturated rings. The van der Waals surface area contributed by atoms with Gasteiger partial charge in [-0.05, 0) is 32.3 Å². The van der Waals surface area contributed by atoms with Crippen molar-refractivity contribution in [1.82, 2.24) is 0 Å². The lowest BCUT2D eigenvalue weighted by Crippen LogP contribution is -2.29. The van der Waals surface area contributed by atoms with E-state index in [4.69, 9.17) is 4.74 Å². The van der Waals surface area contributed by atoms with Crippen LogP contribution in [0.3, 0.4) is 0 Å². The fourth-order valence-electron chi connectivity index (χ4n) is 2.98. The molecule has 0 aliphatic heterocycles. The van der Waals surface area contributed by atoms with Gasteiger partial charge in [-0.1, -0.05) is 36.2 Å². The summed E-state index contributed by atoms with van der Waals surface area (Å²) in [5.41, 5.74) is 2.26. The summed E-state index contributed by atoms with van der Waals surface area (Å²) in [6, 6.07) is 8.12. The summed E-state index contributed by atoms with van der Waals surface area (Å²) in [6.07, 6.45) is 2.92. The van der Waals surface area contributed by atoms with E-state index in [-0.39, 0.29) is 30.0 Å². The van der Waals surface area contributed by atoms with Gasteiger partial charge < -0.3 is 4.74 Å². The van der Waals surface area contributed by atoms with Gasteiger partial charge in [0.1, 0.15) is 5.78 Å². The lowest BCUT2D eigenvalue weighted by molar-refractivity contribution is -0.146. The van der Waals surface area contributed by atoms with Crippen molar-refractivity contribution >= 4 is 11.8 Å². The van der Waals surface area contributed by atoms with E-state index in [9.17, 15) is 9.59 Å². The minimum absolute atomic E-state index is 0.0527. The Labute approximate surface area is 120 Å². The first kappa shape index (κ1) is 14.8. The molecule has 0 radical (unpaired) electrons. The summed E-state index contributed by atoms with van der Waals surface area (Å²) in [7, 11) is 0. The van der Waals surface area contributed by atoms with E-state index >= 15 is 0 Å². The number of hydrogen-bond donors (Lipinski definition) is 0. The zero-order valence-electron chi connectivity index (χ0n) is 12.2. The van der Waals surface area contributed by atoms with Crippen LogP contribution < -0.4 is 0 Å². The van der Waals surface area contributed by atoms with Crippen molar-refractivity contribution in [3.63, 3.8) is 0 Å². The van der Waals surface area contributed by atoms with E-state index < -0.39 is 0 Å². The Morgan fingerprint density at radius 2 is 2.15 bits per heavy atom. The first-order valence-corrected chi connectivity index (χ1v) is 7.37. The number of rotatable bonds is 4. The fourth-order valence-corrected chi connectivity index (χ4v) is 2.98. The Balaban J connectivity index is 2.08. The smallest absolute Gasteiger partial charge is 0.306 e. The number of hydrogen-bond acceptors (Lipinski definition) is 3. The van der Waals surface area contributed by atoms with Crippen LogP contribution in [0.5, 0.6) is 0 Å². The highest BCUT2D eigenvalue weighted by molar-refractivity contribution is 5.91. The molecule has 1 saturated carbocycles. The molecule has 0 aromatic heterocycles. The Kier molecular flexibility index (Phi) is 4.94. The Bertz CT molecular complexity index is 493. The number of benzene rings is 1. The van der Waals surface area contributed by atoms with Gasteiger partial charge in [0, 0.05) is 11.8 Å². The van der Waals surface area contributed by atoms with Gasteiger partial charge in [-0.25, -0.2) is 0 Å². The highest BCUT2D eigenvalue weighted by Crippen LogP contribution is 2.35. The van der Waals surface area contributed by atoms with Gasteiger partial charge in [-0.3, -0.25) is 9.59 Å². The van der Waals surface area contributed by atoms with Gasteiger partial charge in [-0.15, -0.1) is 0 Å². The van der Waals surface area contributed by atoms with E-state index in [2.05, 4.69) is 6.07 Å². The average molecular weight is 274 g/mol. The first-order valence-electron chi connectivity index (χ1n) is 7.37. The van der Waals surface area contributed by atoms with Crippen LogP contribution in [0.15, 0.2) is 24.3 Å². The van der Waals surface area contributed by atoms with Crippen molar-refractivity contribution in [3.8, 4) is 0 Å². The molecule has 0 N–H and O–H groups in total.